The number of hydrogen-bond acceptors (Lipinski definition) is 2. The first kappa shape index (κ1) is 19.1. The highest BCUT2D eigenvalue weighted by atomic mass is 35.5. The molecule has 2 unspecified atom stereocenters. The van der Waals surface area contributed by atoms with Crippen molar-refractivity contribution in [2.75, 3.05) is 0 Å². The molecule has 11 heteroatoms. The van der Waals surface area contributed by atoms with Gasteiger partial charge in [-0.25, -0.2) is 0 Å². The molecule has 2 N–H and O–H groups in total. The van der Waals surface area contributed by atoms with Crippen LogP contribution in [-0.4, -0.2) is 27.5 Å². The summed E-state index contributed by atoms with van der Waals surface area (Å²) in [5.74, 6) is -6.16. The van der Waals surface area contributed by atoms with Gasteiger partial charge in [0, 0.05) is 0 Å². The molecule has 0 aliphatic rings. The average molecular weight is 365 g/mol. The fourth-order valence-electron chi connectivity index (χ4n) is 1.74. The van der Waals surface area contributed by atoms with Crippen molar-refractivity contribution >= 4 is 23.5 Å². The summed E-state index contributed by atoms with van der Waals surface area (Å²) < 4.78 is 76.2. The lowest BCUT2D eigenvalue weighted by Crippen LogP contribution is -2.29. The Morgan fingerprint density at radius 3 is 1.52 bits per heavy atom. The third-order valence-corrected chi connectivity index (χ3v) is 3.20. The van der Waals surface area contributed by atoms with Gasteiger partial charge in [0.25, 0.3) is 0 Å². The number of carboxylic acids is 2. The summed E-state index contributed by atoms with van der Waals surface area (Å²) in [6, 6.07) is 0.0606. The summed E-state index contributed by atoms with van der Waals surface area (Å²) >= 11 is 5.30. The van der Waals surface area contributed by atoms with Gasteiger partial charge in [-0.1, -0.05) is 0 Å². The number of benzene rings is 1. The minimum Gasteiger partial charge on any atom is -0.481 e. The van der Waals surface area contributed by atoms with Gasteiger partial charge in [-0.2, -0.15) is 26.3 Å². The van der Waals surface area contributed by atoms with E-state index < -0.39 is 52.3 Å². The van der Waals surface area contributed by atoms with Crippen LogP contribution in [0.1, 0.15) is 22.6 Å². The summed E-state index contributed by atoms with van der Waals surface area (Å²) in [7, 11) is 0. The normalized spacial score (nSPS) is 15.1. The molecule has 0 saturated heterocycles. The molecule has 0 bridgehead atoms. The van der Waals surface area contributed by atoms with Crippen LogP contribution in [0.25, 0.3) is 0 Å². The van der Waals surface area contributed by atoms with Crippen LogP contribution in [0.5, 0.6) is 0 Å². The van der Waals surface area contributed by atoms with Gasteiger partial charge >= 0.3 is 24.3 Å². The second-order valence-corrected chi connectivity index (χ2v) is 4.87. The lowest BCUT2D eigenvalue weighted by molar-refractivity contribution is -0.145. The minimum absolute atomic E-state index is 0.131. The van der Waals surface area contributed by atoms with E-state index in [0.29, 0.717) is 0 Å². The standard InChI is InChI=1S/C12H7ClF6O4/c13-8(10(22)23)7(9(20)21)4-1-5(11(14,15)16)3-6(2-4)12(17,18)19/h1-3,7-8H,(H,20,21)(H,22,23). The highest BCUT2D eigenvalue weighted by Gasteiger charge is 2.40. The first-order valence-corrected chi connectivity index (χ1v) is 6.08. The van der Waals surface area contributed by atoms with E-state index >= 15 is 0 Å². The van der Waals surface area contributed by atoms with Crippen LogP contribution in [0.15, 0.2) is 18.2 Å². The van der Waals surface area contributed by atoms with Crippen molar-refractivity contribution in [1.29, 1.82) is 0 Å². The van der Waals surface area contributed by atoms with E-state index in [4.69, 9.17) is 21.8 Å². The van der Waals surface area contributed by atoms with Crippen molar-refractivity contribution < 1.29 is 46.1 Å². The van der Waals surface area contributed by atoms with Crippen LogP contribution in [0, 0.1) is 0 Å². The zero-order valence-electron chi connectivity index (χ0n) is 10.7. The van der Waals surface area contributed by atoms with E-state index in [1.54, 1.807) is 0 Å². The quantitative estimate of drug-likeness (QED) is 0.632. The molecule has 0 aliphatic carbocycles. The lowest BCUT2D eigenvalue weighted by Gasteiger charge is -2.19. The van der Waals surface area contributed by atoms with Gasteiger partial charge in [0.1, 0.15) is 11.3 Å². The van der Waals surface area contributed by atoms with Crippen LogP contribution in [0.4, 0.5) is 26.3 Å². The molecule has 0 saturated carbocycles. The maximum atomic E-state index is 12.7. The molecular formula is C12H7ClF6O4. The van der Waals surface area contributed by atoms with Crippen LogP contribution >= 0.6 is 11.6 Å². The summed E-state index contributed by atoms with van der Waals surface area (Å²) in [6.07, 6.45) is -10.4. The number of carboxylic acid groups (broad SMARTS) is 2. The number of carbonyl (C=O) groups is 2. The van der Waals surface area contributed by atoms with Gasteiger partial charge in [0.2, 0.25) is 0 Å². The van der Waals surface area contributed by atoms with E-state index in [9.17, 15) is 35.9 Å². The third kappa shape index (κ3) is 4.50. The van der Waals surface area contributed by atoms with Crippen LogP contribution in [0.3, 0.4) is 0 Å². The van der Waals surface area contributed by atoms with E-state index in [-0.39, 0.29) is 18.2 Å². The Bertz CT molecular complexity index is 593. The molecule has 0 aliphatic heterocycles. The van der Waals surface area contributed by atoms with Crippen LogP contribution in [-0.2, 0) is 21.9 Å². The molecule has 0 spiro atoms. The summed E-state index contributed by atoms with van der Waals surface area (Å²) in [5.41, 5.74) is -4.53. The molecule has 1 rings (SSSR count). The molecule has 0 radical (unpaired) electrons. The molecule has 2 atom stereocenters. The molecular weight excluding hydrogens is 358 g/mol. The zero-order chi connectivity index (χ0) is 18.2. The highest BCUT2D eigenvalue weighted by Crippen LogP contribution is 2.38. The number of halogens is 7. The molecule has 0 heterocycles. The van der Waals surface area contributed by atoms with Gasteiger partial charge < -0.3 is 10.2 Å². The van der Waals surface area contributed by atoms with Crippen LogP contribution in [0.2, 0.25) is 0 Å². The van der Waals surface area contributed by atoms with Crippen molar-refractivity contribution in [3.8, 4) is 0 Å². The van der Waals surface area contributed by atoms with Gasteiger partial charge in [-0.05, 0) is 23.8 Å². The number of alkyl halides is 7. The second-order valence-electron chi connectivity index (χ2n) is 4.40. The maximum absolute atomic E-state index is 12.7. The number of rotatable bonds is 4. The van der Waals surface area contributed by atoms with E-state index in [0.717, 1.165) is 0 Å². The molecule has 0 fully saturated rings. The van der Waals surface area contributed by atoms with Gasteiger partial charge in [-0.15, -0.1) is 11.6 Å². The topological polar surface area (TPSA) is 74.6 Å². The molecule has 0 amide bonds. The second kappa shape index (κ2) is 6.26. The van der Waals surface area contributed by atoms with Crippen molar-refractivity contribution in [3.05, 3.63) is 34.9 Å². The number of hydrogen-bond donors (Lipinski definition) is 2. The van der Waals surface area contributed by atoms with E-state index in [2.05, 4.69) is 0 Å². The van der Waals surface area contributed by atoms with Crippen molar-refractivity contribution in [1.82, 2.24) is 0 Å². The number of aliphatic carboxylic acids is 2. The predicted molar refractivity (Wildman–Crippen MR) is 64.1 cm³/mol. The molecule has 4 nitrogen and oxygen atoms in total. The van der Waals surface area contributed by atoms with E-state index in [1.807, 2.05) is 0 Å². The Balaban J connectivity index is 3.61. The Morgan fingerprint density at radius 2 is 1.26 bits per heavy atom. The zero-order valence-corrected chi connectivity index (χ0v) is 11.5. The largest absolute Gasteiger partial charge is 0.481 e. The lowest BCUT2D eigenvalue weighted by atomic mass is 9.91. The summed E-state index contributed by atoms with van der Waals surface area (Å²) in [4.78, 5) is 21.8. The Kier molecular flexibility index (Phi) is 5.20. The molecule has 0 aromatic heterocycles. The monoisotopic (exact) mass is 364 g/mol. The van der Waals surface area contributed by atoms with Gasteiger partial charge in [0.05, 0.1) is 11.1 Å². The minimum atomic E-state index is -5.19. The Hall–Kier alpha value is -1.97. The Morgan fingerprint density at radius 1 is 0.870 bits per heavy atom. The summed E-state index contributed by atoms with van der Waals surface area (Å²) in [6.45, 7) is 0. The molecule has 23 heavy (non-hydrogen) atoms. The molecule has 1 aromatic carbocycles. The van der Waals surface area contributed by atoms with Gasteiger partial charge in [0.15, 0.2) is 0 Å². The third-order valence-electron chi connectivity index (χ3n) is 2.76. The van der Waals surface area contributed by atoms with Crippen molar-refractivity contribution in [2.45, 2.75) is 23.6 Å². The highest BCUT2D eigenvalue weighted by molar-refractivity contribution is 6.31. The maximum Gasteiger partial charge on any atom is 0.416 e. The smallest absolute Gasteiger partial charge is 0.416 e. The Labute approximate surface area is 129 Å². The molecule has 1 aromatic rings. The SMILES string of the molecule is O=C(O)C(Cl)C(C(=O)O)c1cc(C(F)(F)F)cc(C(F)(F)F)c1. The molecule has 128 valence electrons. The fourth-order valence-corrected chi connectivity index (χ4v) is 1.99. The first-order valence-electron chi connectivity index (χ1n) is 5.64. The first-order chi connectivity index (χ1) is 10.2. The average Bonchev–Trinajstić information content (AvgIpc) is 2.35. The van der Waals surface area contributed by atoms with E-state index in [1.165, 1.54) is 0 Å². The fraction of sp³-hybridized carbons (Fsp3) is 0.333. The van der Waals surface area contributed by atoms with Gasteiger partial charge in [-0.3, -0.25) is 9.59 Å². The predicted octanol–water partition coefficient (Wildman–Crippen LogP) is 3.58. The summed E-state index contributed by atoms with van der Waals surface area (Å²) in [5, 5.41) is 15.4. The van der Waals surface area contributed by atoms with Crippen molar-refractivity contribution in [3.63, 3.8) is 0 Å². The van der Waals surface area contributed by atoms with Crippen LogP contribution < -0.4 is 0 Å². The van der Waals surface area contributed by atoms with Crippen molar-refractivity contribution in [2.24, 2.45) is 0 Å².